The van der Waals surface area contributed by atoms with E-state index in [0.717, 1.165) is 22.3 Å². The zero-order valence-corrected chi connectivity index (χ0v) is 24.9. The molecule has 5 rings (SSSR count). The van der Waals surface area contributed by atoms with Crippen LogP contribution in [0.2, 0.25) is 0 Å². The van der Waals surface area contributed by atoms with E-state index in [2.05, 4.69) is 0 Å². The second-order valence-corrected chi connectivity index (χ2v) is 11.6. The Bertz CT molecular complexity index is 1360. The van der Waals surface area contributed by atoms with Gasteiger partial charge in [0.15, 0.2) is 12.5 Å². The van der Waals surface area contributed by atoms with Gasteiger partial charge in [0, 0.05) is 6.42 Å². The van der Waals surface area contributed by atoms with E-state index in [9.17, 15) is 9.46 Å². The molecule has 1 aliphatic heterocycles. The summed E-state index contributed by atoms with van der Waals surface area (Å²) >= 11 is 0. The van der Waals surface area contributed by atoms with E-state index < -0.39 is 38.7 Å². The highest BCUT2D eigenvalue weighted by Gasteiger charge is 2.49. The van der Waals surface area contributed by atoms with Gasteiger partial charge in [-0.3, -0.25) is 0 Å². The Morgan fingerprint density at radius 1 is 0.535 bits per heavy atom. The van der Waals surface area contributed by atoms with Crippen LogP contribution in [0.1, 0.15) is 28.7 Å². The van der Waals surface area contributed by atoms with Gasteiger partial charge in [0.05, 0.1) is 32.5 Å². The average molecular weight is 602 g/mol. The Labute approximate surface area is 254 Å². The van der Waals surface area contributed by atoms with E-state index in [4.69, 9.17) is 23.7 Å². The van der Waals surface area contributed by atoms with Crippen molar-refractivity contribution in [2.45, 2.75) is 63.6 Å². The van der Waals surface area contributed by atoms with Crippen LogP contribution in [0.25, 0.3) is 0 Å². The highest BCUT2D eigenvalue weighted by Crippen LogP contribution is 2.34. The predicted octanol–water partition coefficient (Wildman–Crippen LogP) is 6.81. The Morgan fingerprint density at radius 2 is 0.907 bits per heavy atom. The molecule has 7 nitrogen and oxygen atoms in total. The van der Waals surface area contributed by atoms with Crippen LogP contribution in [-0.4, -0.2) is 41.8 Å². The van der Waals surface area contributed by atoms with Gasteiger partial charge in [-0.1, -0.05) is 121 Å². The predicted molar refractivity (Wildman–Crippen MR) is 164 cm³/mol. The number of hydrogen-bond donors (Lipinski definition) is 1. The van der Waals surface area contributed by atoms with E-state index >= 15 is 0 Å². The molecule has 0 aliphatic carbocycles. The minimum absolute atomic E-state index is 0.0670. The SMILES string of the molecule is O=[P+](O)CC[C@H]1OC(OCc2ccccc2)[C@@H](OCc2ccccc2)[C@@H](OCc2ccccc2)[C@@H]1OCc1ccccc1. The zero-order valence-electron chi connectivity index (χ0n) is 24.0. The van der Waals surface area contributed by atoms with Crippen molar-refractivity contribution in [1.29, 1.82) is 0 Å². The van der Waals surface area contributed by atoms with Crippen LogP contribution in [0.4, 0.5) is 0 Å². The summed E-state index contributed by atoms with van der Waals surface area (Å²) in [6, 6.07) is 39.6. The van der Waals surface area contributed by atoms with Crippen molar-refractivity contribution in [2.24, 2.45) is 0 Å². The van der Waals surface area contributed by atoms with Crippen LogP contribution in [-0.2, 0) is 54.7 Å². The van der Waals surface area contributed by atoms with Gasteiger partial charge in [-0.25, -0.2) is 0 Å². The van der Waals surface area contributed by atoms with Gasteiger partial charge in [-0.15, -0.1) is 0 Å². The molecule has 0 aromatic heterocycles. The average Bonchev–Trinajstić information content (AvgIpc) is 3.05. The van der Waals surface area contributed by atoms with Crippen molar-refractivity contribution < 1.29 is 33.1 Å². The molecule has 0 bridgehead atoms. The molecule has 8 heteroatoms. The molecule has 1 saturated heterocycles. The second kappa shape index (κ2) is 16.6. The zero-order chi connectivity index (χ0) is 29.7. The fourth-order valence-corrected chi connectivity index (χ4v) is 5.58. The molecule has 0 spiro atoms. The Kier molecular flexibility index (Phi) is 12.0. The highest BCUT2D eigenvalue weighted by atomic mass is 31.1. The third-order valence-electron chi connectivity index (χ3n) is 7.31. The third-order valence-corrected chi connectivity index (χ3v) is 7.95. The second-order valence-electron chi connectivity index (χ2n) is 10.5. The summed E-state index contributed by atoms with van der Waals surface area (Å²) in [5.74, 6) is 0. The van der Waals surface area contributed by atoms with Gasteiger partial charge in [0.1, 0.15) is 18.3 Å². The lowest BCUT2D eigenvalue weighted by Gasteiger charge is -2.45. The van der Waals surface area contributed by atoms with Crippen molar-refractivity contribution in [3.05, 3.63) is 144 Å². The number of ether oxygens (including phenoxy) is 5. The molecule has 0 saturated carbocycles. The molecule has 0 radical (unpaired) electrons. The lowest BCUT2D eigenvalue weighted by Crippen LogP contribution is -2.60. The summed E-state index contributed by atoms with van der Waals surface area (Å²) in [6.45, 7) is 1.28. The monoisotopic (exact) mass is 601 g/mol. The van der Waals surface area contributed by atoms with Crippen molar-refractivity contribution in [3.8, 4) is 0 Å². The van der Waals surface area contributed by atoms with E-state index in [1.807, 2.05) is 121 Å². The normalized spacial score (nSPS) is 22.3. The minimum Gasteiger partial charge on any atom is -0.368 e. The first-order chi connectivity index (χ1) is 21.2. The maximum Gasteiger partial charge on any atom is 0.505 e. The molecule has 2 unspecified atom stereocenters. The molecular formula is C35H38O7P+. The van der Waals surface area contributed by atoms with Crippen molar-refractivity contribution in [1.82, 2.24) is 0 Å². The fourth-order valence-electron chi connectivity index (χ4n) is 5.10. The minimum atomic E-state index is -2.36. The lowest BCUT2D eigenvalue weighted by molar-refractivity contribution is -0.325. The molecule has 0 amide bonds. The summed E-state index contributed by atoms with van der Waals surface area (Å²) in [4.78, 5) is 9.70. The van der Waals surface area contributed by atoms with Crippen LogP contribution >= 0.6 is 8.03 Å². The van der Waals surface area contributed by atoms with Crippen LogP contribution in [0.3, 0.4) is 0 Å². The van der Waals surface area contributed by atoms with E-state index in [1.54, 1.807) is 0 Å². The summed E-state index contributed by atoms with van der Waals surface area (Å²) in [6.07, 6.45) is -2.83. The van der Waals surface area contributed by atoms with E-state index in [1.165, 1.54) is 0 Å². The van der Waals surface area contributed by atoms with E-state index in [-0.39, 0.29) is 6.16 Å². The maximum absolute atomic E-state index is 11.8. The summed E-state index contributed by atoms with van der Waals surface area (Å²) in [7, 11) is -2.36. The molecule has 224 valence electrons. The smallest absolute Gasteiger partial charge is 0.368 e. The first kappa shape index (κ1) is 31.2. The molecule has 43 heavy (non-hydrogen) atoms. The lowest BCUT2D eigenvalue weighted by atomic mass is 9.96. The van der Waals surface area contributed by atoms with Crippen molar-refractivity contribution >= 4 is 8.03 Å². The van der Waals surface area contributed by atoms with Gasteiger partial charge in [-0.2, -0.15) is 4.89 Å². The Hall–Kier alpha value is -3.26. The molecular weight excluding hydrogens is 563 g/mol. The molecule has 1 fully saturated rings. The van der Waals surface area contributed by atoms with Gasteiger partial charge in [-0.05, 0) is 26.8 Å². The third kappa shape index (κ3) is 9.62. The molecule has 1 N–H and O–H groups in total. The Balaban J connectivity index is 1.45. The van der Waals surface area contributed by atoms with Gasteiger partial charge < -0.3 is 23.7 Å². The largest absolute Gasteiger partial charge is 0.505 e. The number of benzene rings is 4. The maximum atomic E-state index is 11.8. The van der Waals surface area contributed by atoms with Crippen LogP contribution < -0.4 is 0 Å². The van der Waals surface area contributed by atoms with Gasteiger partial charge in [0.2, 0.25) is 0 Å². The standard InChI is InChI=1S/C35H37O7P/c36-43(37)22-21-31-32(38-23-27-13-5-1-6-14-27)33(39-24-28-15-7-2-8-16-28)34(40-25-29-17-9-3-10-18-29)35(42-31)41-26-30-19-11-4-12-20-30/h1-20,31-35H,21-26H2/p+1/t31-,32-,33+,34+,35?/m1/s1. The summed E-state index contributed by atoms with van der Waals surface area (Å²) in [5, 5.41) is 0. The molecule has 1 aliphatic rings. The Morgan fingerprint density at radius 3 is 1.33 bits per heavy atom. The molecule has 4 aromatic rings. The highest BCUT2D eigenvalue weighted by molar-refractivity contribution is 7.37. The van der Waals surface area contributed by atoms with Gasteiger partial charge >= 0.3 is 8.03 Å². The number of rotatable bonds is 15. The molecule has 4 aromatic carbocycles. The fraction of sp³-hybridized carbons (Fsp3) is 0.314. The summed E-state index contributed by atoms with van der Waals surface area (Å²) < 4.78 is 44.5. The van der Waals surface area contributed by atoms with Crippen LogP contribution in [0, 0.1) is 0 Å². The molecule has 6 atom stereocenters. The first-order valence-corrected chi connectivity index (χ1v) is 16.0. The van der Waals surface area contributed by atoms with Crippen LogP contribution in [0.5, 0.6) is 0 Å². The quantitative estimate of drug-likeness (QED) is 0.150. The van der Waals surface area contributed by atoms with Crippen molar-refractivity contribution in [3.63, 3.8) is 0 Å². The summed E-state index contributed by atoms with van der Waals surface area (Å²) in [5.41, 5.74) is 4.01. The number of hydrogen-bond acceptors (Lipinski definition) is 6. The molecule has 1 heterocycles. The van der Waals surface area contributed by atoms with Crippen molar-refractivity contribution in [2.75, 3.05) is 6.16 Å². The van der Waals surface area contributed by atoms with E-state index in [0.29, 0.717) is 32.8 Å². The first-order valence-electron chi connectivity index (χ1n) is 14.6. The van der Waals surface area contributed by atoms with Gasteiger partial charge in [0.25, 0.3) is 0 Å². The van der Waals surface area contributed by atoms with Crippen LogP contribution in [0.15, 0.2) is 121 Å². The topological polar surface area (TPSA) is 83.5 Å².